The molecule has 0 radical (unpaired) electrons. The Morgan fingerprint density at radius 2 is 2.10 bits per heavy atom. The number of anilines is 1. The number of ketones is 1. The molecule has 2 aromatic heterocycles. The van der Waals surface area contributed by atoms with Gasteiger partial charge in [0.05, 0.1) is 23.2 Å². The molecule has 0 amide bonds. The predicted molar refractivity (Wildman–Crippen MR) is 178 cm³/mol. The molecule has 212 valence electrons. The molecule has 0 unspecified atom stereocenters. The third-order valence-electron chi connectivity index (χ3n) is 5.59. The van der Waals surface area contributed by atoms with Crippen molar-refractivity contribution in [3.8, 4) is 0 Å². The van der Waals surface area contributed by atoms with E-state index in [4.69, 9.17) is 25.1 Å². The second-order valence-electron chi connectivity index (χ2n) is 8.38. The second-order valence-corrected chi connectivity index (χ2v) is 28.7. The van der Waals surface area contributed by atoms with Gasteiger partial charge in [0.1, 0.15) is 14.6 Å². The largest absolute Gasteiger partial charge is 0.367 e. The van der Waals surface area contributed by atoms with Gasteiger partial charge in [-0.05, 0) is 86.8 Å². The maximum atomic E-state index is 13.6. The molecule has 2 heterocycles. The van der Waals surface area contributed by atoms with Gasteiger partial charge in [0, 0.05) is 46.6 Å². The van der Waals surface area contributed by atoms with Gasteiger partial charge >= 0.3 is 10.3 Å². The van der Waals surface area contributed by atoms with E-state index in [1.807, 2.05) is 44.2 Å². The molecule has 0 fully saturated rings. The van der Waals surface area contributed by atoms with Crippen LogP contribution in [0.15, 0.2) is 42.9 Å². The Kier molecular flexibility index (Phi) is 13.6. The summed E-state index contributed by atoms with van der Waals surface area (Å²) in [6.45, 7) is 3.96. The Labute approximate surface area is 268 Å². The quantitative estimate of drug-likeness (QED) is 0.0711. The fourth-order valence-electron chi connectivity index (χ4n) is 3.70. The number of carbonyl (C=O) groups is 1. The minimum absolute atomic E-state index is 0.123. The highest BCUT2D eigenvalue weighted by Gasteiger charge is 2.26. The summed E-state index contributed by atoms with van der Waals surface area (Å²) < 4.78 is 33.1. The first kappa shape index (κ1) is 33.3. The zero-order chi connectivity index (χ0) is 28.6. The average Bonchev–Trinajstić information content (AvgIpc) is 3.24. The fourth-order valence-corrected chi connectivity index (χ4v) is 8.04. The second kappa shape index (κ2) is 15.9. The number of hydrogen-bond donors (Lipinski definition) is 2. The van der Waals surface area contributed by atoms with Crippen molar-refractivity contribution in [2.75, 3.05) is 18.5 Å². The predicted octanol–water partition coefficient (Wildman–Crippen LogP) is 7.11. The van der Waals surface area contributed by atoms with Gasteiger partial charge in [-0.15, -0.1) is 11.3 Å². The van der Waals surface area contributed by atoms with Gasteiger partial charge < -0.3 is 9.50 Å². The number of benzene rings is 1. The van der Waals surface area contributed by atoms with E-state index >= 15 is 0 Å². The van der Waals surface area contributed by atoms with Crippen LogP contribution in [0.1, 0.15) is 44.6 Å². The van der Waals surface area contributed by atoms with E-state index in [-0.39, 0.29) is 24.9 Å². The van der Waals surface area contributed by atoms with E-state index in [1.165, 1.54) is 35.5 Å². The van der Waals surface area contributed by atoms with Gasteiger partial charge in [-0.25, -0.2) is 15.1 Å². The van der Waals surface area contributed by atoms with E-state index in [2.05, 4.69) is 59.4 Å². The van der Waals surface area contributed by atoms with Crippen molar-refractivity contribution < 1.29 is 21.6 Å². The maximum absolute atomic E-state index is 13.6. The number of carbonyl (C=O) groups excluding carboxylic acids is 1. The van der Waals surface area contributed by atoms with Crippen molar-refractivity contribution in [1.82, 2.24) is 9.97 Å². The first-order chi connectivity index (χ1) is 18.5. The molecule has 2 atom stereocenters. The highest BCUT2D eigenvalue weighted by molar-refractivity contribution is 14.3. The molecule has 0 aliphatic carbocycles. The Morgan fingerprint density at radius 1 is 1.33 bits per heavy atom. The molecule has 0 bridgehead atoms. The zero-order valence-corrected chi connectivity index (χ0v) is 29.3. The van der Waals surface area contributed by atoms with Crippen LogP contribution >= 0.6 is 81.1 Å². The van der Waals surface area contributed by atoms with E-state index in [9.17, 15) is 13.2 Å². The van der Waals surface area contributed by atoms with Crippen LogP contribution in [0.3, 0.4) is 0 Å². The Morgan fingerprint density at radius 3 is 2.77 bits per heavy atom. The van der Waals surface area contributed by atoms with Gasteiger partial charge in [-0.1, -0.05) is 30.7 Å². The summed E-state index contributed by atoms with van der Waals surface area (Å²) in [5.41, 5.74) is 2.27. The molecule has 0 saturated carbocycles. The molecular weight excluding hydrogens is 829 g/mol. The van der Waals surface area contributed by atoms with Crippen LogP contribution in [-0.2, 0) is 25.1 Å². The van der Waals surface area contributed by atoms with Gasteiger partial charge in [0.25, 0.3) is 0 Å². The molecule has 16 heteroatoms. The average molecular weight is 855 g/mol. The van der Waals surface area contributed by atoms with Crippen LogP contribution in [-0.4, -0.2) is 43.4 Å². The third-order valence-corrected chi connectivity index (χ3v) is 11.5. The van der Waals surface area contributed by atoms with Gasteiger partial charge in [-0.3, -0.25) is 8.98 Å². The van der Waals surface area contributed by atoms with Gasteiger partial charge in [-0.2, -0.15) is 8.42 Å². The standard InChI is InChI=1S/C23H26ClI2N4O5PS3/c1-3-16(12-34-39(27,32)33)20(35-38-36(25)26)11-29-23-19(10-28-13-30-23)21(31)22-14(2)7-18(37-22)9-15-5-4-6-17(24)8-15/h4-8,10,13,16,20H,3,9,11-12H2,1-2H3,(H2,27,32,33)(H,28,29,30)/t16-,20+/m1/s1. The molecule has 3 aromatic rings. The lowest BCUT2D eigenvalue weighted by Gasteiger charge is -2.26. The topological polar surface area (TPSA) is 134 Å². The first-order valence-electron chi connectivity index (χ1n) is 11.5. The highest BCUT2D eigenvalue weighted by Crippen LogP contribution is 2.65. The molecule has 0 saturated heterocycles. The molecule has 0 aliphatic rings. The summed E-state index contributed by atoms with van der Waals surface area (Å²) in [5, 5.41) is 8.92. The third kappa shape index (κ3) is 10.9. The molecule has 0 aliphatic heterocycles. The molecular formula is C23H26ClI2N4O5PS3. The minimum atomic E-state index is -4.09. The van der Waals surface area contributed by atoms with Crippen molar-refractivity contribution >= 4 is 103 Å². The Hall–Kier alpha value is -0.170. The van der Waals surface area contributed by atoms with E-state index < -0.39 is 18.8 Å². The van der Waals surface area contributed by atoms with Crippen molar-refractivity contribution in [1.29, 1.82) is 0 Å². The molecule has 39 heavy (non-hydrogen) atoms. The summed E-state index contributed by atoms with van der Waals surface area (Å²) in [7, 11) is -4.09. The number of nitrogens with zero attached hydrogens (tertiary/aromatic N) is 2. The lowest BCUT2D eigenvalue weighted by atomic mass is 10.0. The molecule has 1 aromatic carbocycles. The van der Waals surface area contributed by atoms with E-state index in [0.717, 1.165) is 16.0 Å². The lowest BCUT2D eigenvalue weighted by molar-refractivity contribution is 0.104. The van der Waals surface area contributed by atoms with Crippen molar-refractivity contribution in [3.05, 3.63) is 74.3 Å². The number of aryl methyl sites for hydroxylation is 1. The number of nitrogens with one attached hydrogen (secondary N) is 1. The number of halogens is 3. The summed E-state index contributed by atoms with van der Waals surface area (Å²) >= 11 is 13.4. The molecule has 0 spiro atoms. The normalized spacial score (nSPS) is 13.4. The van der Waals surface area contributed by atoms with Crippen LogP contribution in [0.5, 0.6) is 0 Å². The summed E-state index contributed by atoms with van der Waals surface area (Å²) in [6, 6.07) is 9.67. The van der Waals surface area contributed by atoms with Crippen LogP contribution < -0.4 is 10.5 Å². The smallest absolute Gasteiger partial charge is 0.333 e. The number of rotatable bonds is 15. The lowest BCUT2D eigenvalue weighted by Crippen LogP contribution is -2.34. The SMILES string of the molecule is CC[C@H](COS(N)(=O)=O)[C@H](CNc1ncncc1C(=O)c1sc(Cc2cccc(Cl)c2)cc1C)OSP(I)I. The van der Waals surface area contributed by atoms with Crippen LogP contribution in [0.2, 0.25) is 5.02 Å². The maximum Gasteiger partial charge on any atom is 0.333 e. The molecule has 3 N–H and O–H groups in total. The number of nitrogens with two attached hydrogens (primary N) is 1. The fraction of sp³-hybridized carbons (Fsp3) is 0.348. The summed E-state index contributed by atoms with van der Waals surface area (Å²) in [4.78, 5) is 23.7. The zero-order valence-electron chi connectivity index (χ0n) is 20.8. The van der Waals surface area contributed by atoms with Crippen LogP contribution in [0, 0.1) is 12.8 Å². The van der Waals surface area contributed by atoms with Crippen LogP contribution in [0.4, 0.5) is 5.82 Å². The first-order valence-corrected chi connectivity index (χ1v) is 22.4. The van der Waals surface area contributed by atoms with E-state index in [1.54, 1.807) is 0 Å². The molecule has 9 nitrogen and oxygen atoms in total. The van der Waals surface area contributed by atoms with Gasteiger partial charge in [0.2, 0.25) is 5.78 Å². The van der Waals surface area contributed by atoms with E-state index in [0.29, 0.717) is 34.1 Å². The van der Waals surface area contributed by atoms with Crippen molar-refractivity contribution in [2.24, 2.45) is 11.1 Å². The van der Waals surface area contributed by atoms with Gasteiger partial charge in [0.15, 0.2) is 0 Å². The monoisotopic (exact) mass is 854 g/mol. The molecule has 3 rings (SSSR count). The number of thiophene rings is 1. The minimum Gasteiger partial charge on any atom is -0.367 e. The number of hydrogen-bond acceptors (Lipinski definition) is 10. The van der Waals surface area contributed by atoms with Crippen molar-refractivity contribution in [2.45, 2.75) is 32.8 Å². The van der Waals surface area contributed by atoms with Crippen LogP contribution in [0.25, 0.3) is 0 Å². The number of aromatic nitrogens is 2. The summed E-state index contributed by atoms with van der Waals surface area (Å²) in [5.74, 6) is -0.0932. The highest BCUT2D eigenvalue weighted by atomic mass is 127. The van der Waals surface area contributed by atoms with Crippen molar-refractivity contribution in [3.63, 3.8) is 0 Å². The Balaban J connectivity index is 1.78. The summed E-state index contributed by atoms with van der Waals surface area (Å²) in [6.07, 6.45) is 3.67. The Bertz CT molecular complexity index is 1380.